The number of hydrazine groups is 1. The third-order valence-electron chi connectivity index (χ3n) is 2.64. The number of rotatable bonds is 7. The molecule has 0 saturated heterocycles. The van der Waals surface area contributed by atoms with Gasteiger partial charge in [-0.05, 0) is 25.0 Å². The van der Waals surface area contributed by atoms with Crippen LogP contribution in [-0.4, -0.2) is 20.1 Å². The summed E-state index contributed by atoms with van der Waals surface area (Å²) in [5.41, 5.74) is 3.72. The monoisotopic (exact) mass is 258 g/mol. The van der Waals surface area contributed by atoms with Crippen molar-refractivity contribution in [3.63, 3.8) is 0 Å². The van der Waals surface area contributed by atoms with Crippen LogP contribution in [0.5, 0.6) is 11.5 Å². The van der Waals surface area contributed by atoms with Crippen LogP contribution < -0.4 is 20.7 Å². The van der Waals surface area contributed by atoms with Gasteiger partial charge in [0.15, 0.2) is 0 Å². The molecule has 1 aromatic carbocycles. The fourth-order valence-electron chi connectivity index (χ4n) is 1.82. The summed E-state index contributed by atoms with van der Waals surface area (Å²) in [5, 5.41) is 0. The van der Waals surface area contributed by atoms with E-state index >= 15 is 0 Å². The van der Waals surface area contributed by atoms with Crippen LogP contribution in [0.3, 0.4) is 0 Å². The normalized spacial score (nSPS) is 12.2. The number of alkyl halides is 1. The fourth-order valence-corrected chi connectivity index (χ4v) is 1.97. The molecule has 1 atom stereocenters. The zero-order valence-electron chi connectivity index (χ0n) is 10.2. The molecule has 0 aromatic heterocycles. The summed E-state index contributed by atoms with van der Waals surface area (Å²) in [6.07, 6.45) is 1.70. The highest BCUT2D eigenvalue weighted by atomic mass is 35.5. The van der Waals surface area contributed by atoms with Crippen LogP contribution in [-0.2, 0) is 0 Å². The molecule has 0 bridgehead atoms. The summed E-state index contributed by atoms with van der Waals surface area (Å²) in [4.78, 5) is 0. The minimum Gasteiger partial charge on any atom is -0.496 e. The van der Waals surface area contributed by atoms with Crippen LogP contribution >= 0.6 is 11.6 Å². The van der Waals surface area contributed by atoms with E-state index in [2.05, 4.69) is 5.43 Å². The van der Waals surface area contributed by atoms with Crippen LogP contribution in [0.2, 0.25) is 0 Å². The van der Waals surface area contributed by atoms with Crippen molar-refractivity contribution < 1.29 is 9.47 Å². The second-order valence-electron chi connectivity index (χ2n) is 3.63. The Bertz CT molecular complexity index is 325. The van der Waals surface area contributed by atoms with E-state index in [9.17, 15) is 0 Å². The molecule has 17 heavy (non-hydrogen) atoms. The molecule has 0 fully saturated rings. The standard InChI is InChI=1S/C12H19ClN2O2/c1-16-10-6-3-7-11(17-2)12(10)9(15-14)5-4-8-13/h3,6-7,9,15H,4-5,8,14H2,1-2H3. The van der Waals surface area contributed by atoms with Gasteiger partial charge in [0.05, 0.1) is 25.8 Å². The summed E-state index contributed by atoms with van der Waals surface area (Å²) in [6.45, 7) is 0. The molecule has 0 heterocycles. The number of benzene rings is 1. The first kappa shape index (κ1) is 14.1. The number of ether oxygens (including phenoxy) is 2. The third kappa shape index (κ3) is 3.49. The van der Waals surface area contributed by atoms with E-state index in [-0.39, 0.29) is 6.04 Å². The first-order valence-corrected chi connectivity index (χ1v) is 6.04. The van der Waals surface area contributed by atoms with E-state index in [0.717, 1.165) is 29.9 Å². The summed E-state index contributed by atoms with van der Waals surface area (Å²) < 4.78 is 10.7. The Morgan fingerprint density at radius 1 is 1.29 bits per heavy atom. The smallest absolute Gasteiger partial charge is 0.127 e. The van der Waals surface area contributed by atoms with E-state index in [1.807, 2.05) is 18.2 Å². The second kappa shape index (κ2) is 7.37. The summed E-state index contributed by atoms with van der Waals surface area (Å²) in [6, 6.07) is 5.64. The van der Waals surface area contributed by atoms with Crippen LogP contribution in [0.4, 0.5) is 0 Å². The lowest BCUT2D eigenvalue weighted by molar-refractivity contribution is 0.366. The van der Waals surface area contributed by atoms with Gasteiger partial charge in [0.1, 0.15) is 11.5 Å². The van der Waals surface area contributed by atoms with Gasteiger partial charge in [0, 0.05) is 5.88 Å². The number of hydrogen-bond donors (Lipinski definition) is 2. The Morgan fingerprint density at radius 2 is 1.88 bits per heavy atom. The molecular weight excluding hydrogens is 240 g/mol. The third-order valence-corrected chi connectivity index (χ3v) is 2.91. The molecule has 0 aliphatic heterocycles. The topological polar surface area (TPSA) is 56.5 Å². The molecule has 0 aliphatic carbocycles. The Morgan fingerprint density at radius 3 is 2.29 bits per heavy atom. The Balaban J connectivity index is 3.05. The van der Waals surface area contributed by atoms with Gasteiger partial charge in [-0.25, -0.2) is 0 Å². The second-order valence-corrected chi connectivity index (χ2v) is 4.00. The molecule has 1 aromatic rings. The average molecular weight is 259 g/mol. The fraction of sp³-hybridized carbons (Fsp3) is 0.500. The van der Waals surface area contributed by atoms with Crippen LogP contribution in [0.15, 0.2) is 18.2 Å². The van der Waals surface area contributed by atoms with Gasteiger partial charge in [-0.3, -0.25) is 11.3 Å². The zero-order valence-corrected chi connectivity index (χ0v) is 11.0. The molecule has 4 nitrogen and oxygen atoms in total. The molecule has 0 radical (unpaired) electrons. The molecule has 0 saturated carbocycles. The largest absolute Gasteiger partial charge is 0.496 e. The maximum atomic E-state index is 5.71. The predicted molar refractivity (Wildman–Crippen MR) is 69.6 cm³/mol. The highest BCUT2D eigenvalue weighted by Crippen LogP contribution is 2.35. The zero-order chi connectivity index (χ0) is 12.7. The maximum Gasteiger partial charge on any atom is 0.127 e. The van der Waals surface area contributed by atoms with E-state index in [1.165, 1.54) is 0 Å². The number of halogens is 1. The van der Waals surface area contributed by atoms with Crippen molar-refractivity contribution in [2.75, 3.05) is 20.1 Å². The Labute approximate surface area is 107 Å². The number of nitrogens with two attached hydrogens (primary N) is 1. The summed E-state index contributed by atoms with van der Waals surface area (Å²) in [7, 11) is 3.26. The minimum atomic E-state index is -0.0279. The average Bonchev–Trinajstić information content (AvgIpc) is 2.39. The molecule has 0 amide bonds. The van der Waals surface area contributed by atoms with E-state index in [0.29, 0.717) is 5.88 Å². The molecule has 1 rings (SSSR count). The lowest BCUT2D eigenvalue weighted by atomic mass is 10.0. The highest BCUT2D eigenvalue weighted by molar-refractivity contribution is 6.17. The maximum absolute atomic E-state index is 5.71. The lowest BCUT2D eigenvalue weighted by Crippen LogP contribution is -2.28. The van der Waals surface area contributed by atoms with E-state index in [4.69, 9.17) is 26.9 Å². The minimum absolute atomic E-state index is 0.0279. The van der Waals surface area contributed by atoms with Crippen molar-refractivity contribution in [3.8, 4) is 11.5 Å². The molecule has 0 aliphatic rings. The van der Waals surface area contributed by atoms with Crippen molar-refractivity contribution in [3.05, 3.63) is 23.8 Å². The van der Waals surface area contributed by atoms with Gasteiger partial charge in [0.2, 0.25) is 0 Å². The van der Waals surface area contributed by atoms with E-state index < -0.39 is 0 Å². The molecular formula is C12H19ClN2O2. The molecule has 1 unspecified atom stereocenters. The van der Waals surface area contributed by atoms with Crippen molar-refractivity contribution in [2.24, 2.45) is 5.84 Å². The van der Waals surface area contributed by atoms with Crippen LogP contribution in [0.25, 0.3) is 0 Å². The van der Waals surface area contributed by atoms with Gasteiger partial charge in [0.25, 0.3) is 0 Å². The van der Waals surface area contributed by atoms with Crippen molar-refractivity contribution in [1.82, 2.24) is 5.43 Å². The molecule has 3 N–H and O–H groups in total. The van der Waals surface area contributed by atoms with Gasteiger partial charge < -0.3 is 9.47 Å². The Hall–Kier alpha value is -0.970. The number of methoxy groups -OCH3 is 2. The van der Waals surface area contributed by atoms with Crippen molar-refractivity contribution >= 4 is 11.6 Å². The van der Waals surface area contributed by atoms with Crippen molar-refractivity contribution in [1.29, 1.82) is 0 Å². The highest BCUT2D eigenvalue weighted by Gasteiger charge is 2.19. The lowest BCUT2D eigenvalue weighted by Gasteiger charge is -2.21. The summed E-state index contributed by atoms with van der Waals surface area (Å²) in [5.74, 6) is 7.73. The van der Waals surface area contributed by atoms with Gasteiger partial charge >= 0.3 is 0 Å². The van der Waals surface area contributed by atoms with Gasteiger partial charge in [-0.15, -0.1) is 11.6 Å². The van der Waals surface area contributed by atoms with E-state index in [1.54, 1.807) is 14.2 Å². The SMILES string of the molecule is COc1cccc(OC)c1C(CCCCl)NN. The first-order valence-electron chi connectivity index (χ1n) is 5.51. The molecule has 5 heteroatoms. The van der Waals surface area contributed by atoms with Gasteiger partial charge in [-0.1, -0.05) is 6.07 Å². The van der Waals surface area contributed by atoms with Crippen LogP contribution in [0.1, 0.15) is 24.4 Å². The number of nitrogens with one attached hydrogen (secondary N) is 1. The quantitative estimate of drug-likeness (QED) is 0.447. The molecule has 96 valence electrons. The van der Waals surface area contributed by atoms with Crippen LogP contribution in [0, 0.1) is 0 Å². The van der Waals surface area contributed by atoms with Crippen molar-refractivity contribution in [2.45, 2.75) is 18.9 Å². The Kier molecular flexibility index (Phi) is 6.11. The number of hydrogen-bond acceptors (Lipinski definition) is 4. The van der Waals surface area contributed by atoms with Gasteiger partial charge in [-0.2, -0.15) is 0 Å². The predicted octanol–water partition coefficient (Wildman–Crippen LogP) is 2.23. The summed E-state index contributed by atoms with van der Waals surface area (Å²) >= 11 is 5.71. The molecule has 0 spiro atoms. The first-order chi connectivity index (χ1) is 8.28.